The van der Waals surface area contributed by atoms with Crippen molar-refractivity contribution in [2.45, 2.75) is 13.8 Å². The maximum absolute atomic E-state index is 5.77. The summed E-state index contributed by atoms with van der Waals surface area (Å²) in [5.74, 6) is 1.64. The highest BCUT2D eigenvalue weighted by Crippen LogP contribution is 2.27. The van der Waals surface area contributed by atoms with Crippen molar-refractivity contribution in [3.63, 3.8) is 0 Å². The molecule has 0 saturated carbocycles. The summed E-state index contributed by atoms with van der Waals surface area (Å²) >= 11 is 0. The molecule has 1 aromatic carbocycles. The van der Waals surface area contributed by atoms with Gasteiger partial charge in [-0.25, -0.2) is 4.98 Å². The van der Waals surface area contributed by atoms with Crippen LogP contribution in [0.4, 0.5) is 0 Å². The minimum Gasteiger partial charge on any atom is -0.494 e. The van der Waals surface area contributed by atoms with Crippen molar-refractivity contribution in [2.75, 3.05) is 6.61 Å². The summed E-state index contributed by atoms with van der Waals surface area (Å²) in [5, 5.41) is 12.9. The number of benzene rings is 1. The van der Waals surface area contributed by atoms with Gasteiger partial charge in [0.15, 0.2) is 0 Å². The maximum atomic E-state index is 5.77. The number of rotatable bonds is 4. The van der Waals surface area contributed by atoms with Crippen LogP contribution in [0.15, 0.2) is 45.5 Å². The lowest BCUT2D eigenvalue weighted by molar-refractivity contribution is 0.340. The van der Waals surface area contributed by atoms with Crippen LogP contribution in [-0.2, 0) is 0 Å². The third-order valence-corrected chi connectivity index (χ3v) is 3.59. The normalized spacial score (nSPS) is 11.1. The quantitative estimate of drug-likeness (QED) is 0.566. The summed E-state index contributed by atoms with van der Waals surface area (Å²) in [6.07, 6.45) is 1.63. The van der Waals surface area contributed by atoms with Gasteiger partial charge in [-0.05, 0) is 44.2 Å². The van der Waals surface area contributed by atoms with E-state index in [0.717, 1.165) is 28.0 Å². The summed E-state index contributed by atoms with van der Waals surface area (Å²) in [5.41, 5.74) is 2.80. The van der Waals surface area contributed by atoms with Gasteiger partial charge in [-0.2, -0.15) is 0 Å². The number of pyridine rings is 1. The first-order valence-electron chi connectivity index (χ1n) is 7.53. The zero-order chi connectivity index (χ0) is 16.5. The Morgan fingerprint density at radius 2 is 1.79 bits per heavy atom. The maximum Gasteiger partial charge on any atom is 0.257 e. The van der Waals surface area contributed by atoms with Gasteiger partial charge in [-0.3, -0.25) is 0 Å². The molecule has 0 spiro atoms. The number of fused-ring (bicyclic) bond motifs is 1. The van der Waals surface area contributed by atoms with Crippen molar-refractivity contribution in [3.05, 3.63) is 42.2 Å². The molecule has 3 heterocycles. The predicted molar refractivity (Wildman–Crippen MR) is 86.4 cm³/mol. The van der Waals surface area contributed by atoms with Crippen LogP contribution in [0.25, 0.3) is 34.0 Å². The van der Waals surface area contributed by atoms with E-state index in [4.69, 9.17) is 13.7 Å². The molecule has 0 saturated heterocycles. The molecular formula is C17H14N4O3. The van der Waals surface area contributed by atoms with E-state index in [1.54, 1.807) is 6.20 Å². The Kier molecular flexibility index (Phi) is 3.45. The first-order chi connectivity index (χ1) is 11.7. The molecule has 4 aromatic rings. The molecule has 0 aliphatic heterocycles. The summed E-state index contributed by atoms with van der Waals surface area (Å²) in [6, 6.07) is 9.39. The molecule has 0 fully saturated rings. The number of ether oxygens (including phenoxy) is 1. The summed E-state index contributed by atoms with van der Waals surface area (Å²) in [7, 11) is 0. The topological polar surface area (TPSA) is 87.1 Å². The number of aryl methyl sites for hydroxylation is 1. The van der Waals surface area contributed by atoms with Crippen LogP contribution < -0.4 is 4.74 Å². The van der Waals surface area contributed by atoms with E-state index in [1.807, 2.05) is 44.2 Å². The molecular weight excluding hydrogens is 308 g/mol. The second-order valence-corrected chi connectivity index (χ2v) is 5.21. The van der Waals surface area contributed by atoms with Crippen molar-refractivity contribution < 1.29 is 13.7 Å². The van der Waals surface area contributed by atoms with Crippen LogP contribution in [-0.4, -0.2) is 26.9 Å². The Labute approximate surface area is 137 Å². The van der Waals surface area contributed by atoms with E-state index in [1.165, 1.54) is 0 Å². The molecule has 0 bridgehead atoms. The molecule has 120 valence electrons. The molecule has 7 nitrogen and oxygen atoms in total. The standard InChI is InChI=1S/C17H14N4O3/c1-3-22-13-6-4-11(5-7-13)15-19-20-16(23-15)12-8-14-10(2)21-24-17(14)18-9-12/h4-9H,3H2,1-2H3. The highest BCUT2D eigenvalue weighted by molar-refractivity contribution is 5.80. The van der Waals surface area contributed by atoms with Gasteiger partial charge in [-0.15, -0.1) is 10.2 Å². The van der Waals surface area contributed by atoms with Gasteiger partial charge in [0.2, 0.25) is 11.8 Å². The highest BCUT2D eigenvalue weighted by atomic mass is 16.5. The molecule has 4 rings (SSSR count). The first-order valence-corrected chi connectivity index (χ1v) is 7.53. The summed E-state index contributed by atoms with van der Waals surface area (Å²) in [6.45, 7) is 4.43. The molecule has 0 radical (unpaired) electrons. The van der Waals surface area contributed by atoms with Gasteiger partial charge in [-0.1, -0.05) is 5.16 Å². The van der Waals surface area contributed by atoms with Crippen LogP contribution >= 0.6 is 0 Å². The molecule has 0 aliphatic rings. The smallest absolute Gasteiger partial charge is 0.257 e. The lowest BCUT2D eigenvalue weighted by Crippen LogP contribution is -1.90. The van der Waals surface area contributed by atoms with Gasteiger partial charge in [0.05, 0.1) is 23.3 Å². The molecule has 0 unspecified atom stereocenters. The van der Waals surface area contributed by atoms with Crippen LogP contribution in [0.1, 0.15) is 12.6 Å². The molecule has 0 atom stereocenters. The second-order valence-electron chi connectivity index (χ2n) is 5.21. The Hall–Kier alpha value is -3.22. The molecule has 0 amide bonds. The van der Waals surface area contributed by atoms with Crippen molar-refractivity contribution in [1.82, 2.24) is 20.3 Å². The van der Waals surface area contributed by atoms with Gasteiger partial charge >= 0.3 is 0 Å². The number of hydrogen-bond donors (Lipinski definition) is 0. The van der Waals surface area contributed by atoms with E-state index < -0.39 is 0 Å². The van der Waals surface area contributed by atoms with Gasteiger partial charge in [0, 0.05) is 11.8 Å². The predicted octanol–water partition coefficient (Wildman–Crippen LogP) is 3.65. The average molecular weight is 322 g/mol. The monoisotopic (exact) mass is 322 g/mol. The summed E-state index contributed by atoms with van der Waals surface area (Å²) in [4.78, 5) is 4.22. The minimum absolute atomic E-state index is 0.397. The van der Waals surface area contributed by atoms with Gasteiger partial charge in [0.25, 0.3) is 5.71 Å². The fraction of sp³-hybridized carbons (Fsp3) is 0.176. The number of aromatic nitrogens is 4. The third kappa shape index (κ3) is 2.50. The average Bonchev–Trinajstić information content (AvgIpc) is 3.23. The molecule has 7 heteroatoms. The van der Waals surface area contributed by atoms with Crippen molar-refractivity contribution in [1.29, 1.82) is 0 Å². The van der Waals surface area contributed by atoms with Crippen LogP contribution in [0.5, 0.6) is 5.75 Å². The van der Waals surface area contributed by atoms with E-state index in [-0.39, 0.29) is 0 Å². The zero-order valence-corrected chi connectivity index (χ0v) is 13.2. The zero-order valence-electron chi connectivity index (χ0n) is 13.2. The van der Waals surface area contributed by atoms with Gasteiger partial charge in [0.1, 0.15) is 5.75 Å². The Bertz CT molecular complexity index is 989. The number of nitrogens with zero attached hydrogens (tertiary/aromatic N) is 4. The summed E-state index contributed by atoms with van der Waals surface area (Å²) < 4.78 is 16.3. The van der Waals surface area contributed by atoms with E-state index >= 15 is 0 Å². The Balaban J connectivity index is 1.66. The van der Waals surface area contributed by atoms with E-state index in [9.17, 15) is 0 Å². The van der Waals surface area contributed by atoms with Crippen LogP contribution in [0, 0.1) is 6.92 Å². The molecule has 0 aliphatic carbocycles. The van der Waals surface area contributed by atoms with Gasteiger partial charge < -0.3 is 13.7 Å². The molecule has 0 N–H and O–H groups in total. The SMILES string of the molecule is CCOc1ccc(-c2nnc(-c3cnc4onc(C)c4c3)o2)cc1. The van der Waals surface area contributed by atoms with Crippen molar-refractivity contribution >= 4 is 11.1 Å². The lowest BCUT2D eigenvalue weighted by atomic mass is 10.2. The van der Waals surface area contributed by atoms with Crippen molar-refractivity contribution in [3.8, 4) is 28.7 Å². The van der Waals surface area contributed by atoms with E-state index in [0.29, 0.717) is 24.1 Å². The fourth-order valence-corrected chi connectivity index (χ4v) is 2.38. The van der Waals surface area contributed by atoms with Crippen LogP contribution in [0.2, 0.25) is 0 Å². The number of hydrogen-bond acceptors (Lipinski definition) is 7. The Morgan fingerprint density at radius 1 is 1.04 bits per heavy atom. The van der Waals surface area contributed by atoms with Crippen molar-refractivity contribution in [2.24, 2.45) is 0 Å². The second kappa shape index (κ2) is 5.77. The van der Waals surface area contributed by atoms with Crippen LogP contribution in [0.3, 0.4) is 0 Å². The largest absolute Gasteiger partial charge is 0.494 e. The lowest BCUT2D eigenvalue weighted by Gasteiger charge is -2.02. The highest BCUT2D eigenvalue weighted by Gasteiger charge is 2.14. The van der Waals surface area contributed by atoms with E-state index in [2.05, 4.69) is 20.3 Å². The molecule has 3 aromatic heterocycles. The molecule has 24 heavy (non-hydrogen) atoms. The Morgan fingerprint density at radius 3 is 2.54 bits per heavy atom. The fourth-order valence-electron chi connectivity index (χ4n) is 2.38. The first kappa shape index (κ1) is 14.4. The minimum atomic E-state index is 0.397. The third-order valence-electron chi connectivity index (χ3n) is 3.59.